The van der Waals surface area contributed by atoms with Crippen LogP contribution in [0.25, 0.3) is 0 Å². The van der Waals surface area contributed by atoms with Gasteiger partial charge in [-0.2, -0.15) is 0 Å². The van der Waals surface area contributed by atoms with E-state index in [0.717, 1.165) is 25.3 Å². The molecule has 2 fully saturated rings. The third-order valence-electron chi connectivity index (χ3n) is 4.50. The lowest BCUT2D eigenvalue weighted by molar-refractivity contribution is -0.201. The quantitative estimate of drug-likeness (QED) is 0.701. The van der Waals surface area contributed by atoms with E-state index in [1.54, 1.807) is 0 Å². The Kier molecular flexibility index (Phi) is 4.25. The molecule has 0 unspecified atom stereocenters. The van der Waals surface area contributed by atoms with E-state index in [-0.39, 0.29) is 11.4 Å². The van der Waals surface area contributed by atoms with Crippen molar-refractivity contribution in [1.82, 2.24) is 0 Å². The molecule has 0 aromatic heterocycles. The lowest BCUT2D eigenvalue weighted by Crippen LogP contribution is -2.48. The molecule has 23 heavy (non-hydrogen) atoms. The van der Waals surface area contributed by atoms with E-state index in [1.807, 2.05) is 0 Å². The maximum atomic E-state index is 12.3. The zero-order valence-electron chi connectivity index (χ0n) is 13.2. The summed E-state index contributed by atoms with van der Waals surface area (Å²) in [6.07, 6.45) is 2.84. The van der Waals surface area contributed by atoms with Crippen molar-refractivity contribution in [3.63, 3.8) is 0 Å². The standard InChI is InChI=1S/C16H20O7/c1-9(17)21-12-10(15(19)20-2)8-11(18)13-14(12)23-16(22-13)6-4-3-5-7-16/h8,12-14H,3-7H2,1-2H3/t12-,13-,14+/m0/s1. The number of fused-ring (bicyclic) bond motifs is 1. The second-order valence-electron chi connectivity index (χ2n) is 6.12. The lowest BCUT2D eigenvalue weighted by atomic mass is 9.90. The number of ether oxygens (including phenoxy) is 4. The summed E-state index contributed by atoms with van der Waals surface area (Å²) >= 11 is 0. The van der Waals surface area contributed by atoms with Gasteiger partial charge in [0.05, 0.1) is 12.7 Å². The van der Waals surface area contributed by atoms with Gasteiger partial charge < -0.3 is 18.9 Å². The number of rotatable bonds is 2. The Hall–Kier alpha value is -1.73. The highest BCUT2D eigenvalue weighted by molar-refractivity contribution is 6.04. The number of esters is 2. The summed E-state index contributed by atoms with van der Waals surface area (Å²) in [5, 5.41) is 0. The van der Waals surface area contributed by atoms with Gasteiger partial charge in [0.2, 0.25) is 0 Å². The third kappa shape index (κ3) is 2.90. The maximum absolute atomic E-state index is 12.3. The molecule has 1 aliphatic heterocycles. The summed E-state index contributed by atoms with van der Waals surface area (Å²) in [4.78, 5) is 35.7. The van der Waals surface area contributed by atoms with Crippen molar-refractivity contribution in [1.29, 1.82) is 0 Å². The SMILES string of the molecule is COC(=O)C1=CC(=O)[C@@H]2OC3(CCCCC3)O[C@@H]2[C@H]1OC(C)=O. The van der Waals surface area contributed by atoms with E-state index in [1.165, 1.54) is 14.0 Å². The molecule has 0 bridgehead atoms. The monoisotopic (exact) mass is 324 g/mol. The van der Waals surface area contributed by atoms with E-state index in [4.69, 9.17) is 14.2 Å². The summed E-state index contributed by atoms with van der Waals surface area (Å²) < 4.78 is 21.9. The Bertz CT molecular complexity index is 559. The minimum absolute atomic E-state index is 0.00888. The van der Waals surface area contributed by atoms with Crippen LogP contribution in [0.5, 0.6) is 0 Å². The number of carbonyl (C=O) groups is 3. The summed E-state index contributed by atoms with van der Waals surface area (Å²) in [5.41, 5.74) is -0.00888. The normalized spacial score (nSPS) is 32.2. The molecule has 0 amide bonds. The Balaban J connectivity index is 1.92. The van der Waals surface area contributed by atoms with Crippen molar-refractivity contribution in [3.8, 4) is 0 Å². The molecule has 7 nitrogen and oxygen atoms in total. The molecule has 1 saturated heterocycles. The fourth-order valence-electron chi connectivity index (χ4n) is 3.50. The molecule has 1 saturated carbocycles. The van der Waals surface area contributed by atoms with E-state index in [2.05, 4.69) is 4.74 Å². The summed E-state index contributed by atoms with van der Waals surface area (Å²) in [6, 6.07) is 0. The first-order chi connectivity index (χ1) is 11.0. The van der Waals surface area contributed by atoms with Gasteiger partial charge in [-0.3, -0.25) is 9.59 Å². The van der Waals surface area contributed by atoms with Crippen molar-refractivity contribution < 1.29 is 33.3 Å². The molecular weight excluding hydrogens is 304 g/mol. The van der Waals surface area contributed by atoms with Crippen LogP contribution in [-0.4, -0.2) is 48.9 Å². The topological polar surface area (TPSA) is 88.1 Å². The Morgan fingerprint density at radius 2 is 1.91 bits per heavy atom. The van der Waals surface area contributed by atoms with Crippen LogP contribution in [0.2, 0.25) is 0 Å². The van der Waals surface area contributed by atoms with Gasteiger partial charge in [-0.15, -0.1) is 0 Å². The third-order valence-corrected chi connectivity index (χ3v) is 4.50. The number of carbonyl (C=O) groups excluding carboxylic acids is 3. The Labute approximate surface area is 133 Å². The number of methoxy groups -OCH3 is 1. The summed E-state index contributed by atoms with van der Waals surface area (Å²) in [5.74, 6) is -2.45. The Morgan fingerprint density at radius 1 is 1.22 bits per heavy atom. The van der Waals surface area contributed by atoms with Gasteiger partial charge in [0.1, 0.15) is 6.10 Å². The van der Waals surface area contributed by atoms with Crippen LogP contribution >= 0.6 is 0 Å². The van der Waals surface area contributed by atoms with Crippen molar-refractivity contribution in [2.45, 2.75) is 63.1 Å². The fourth-order valence-corrected chi connectivity index (χ4v) is 3.50. The van der Waals surface area contributed by atoms with Gasteiger partial charge in [0.25, 0.3) is 0 Å². The number of hydrogen-bond acceptors (Lipinski definition) is 7. The van der Waals surface area contributed by atoms with Crippen LogP contribution < -0.4 is 0 Å². The minimum atomic E-state index is -0.996. The lowest BCUT2D eigenvalue weighted by Gasteiger charge is -2.32. The molecule has 0 aromatic rings. The van der Waals surface area contributed by atoms with Gasteiger partial charge in [-0.25, -0.2) is 4.79 Å². The molecule has 2 aliphatic carbocycles. The predicted octanol–water partition coefficient (Wildman–Crippen LogP) is 1.04. The molecule has 3 atom stereocenters. The van der Waals surface area contributed by atoms with Crippen LogP contribution in [0, 0.1) is 0 Å². The van der Waals surface area contributed by atoms with Crippen LogP contribution in [0.3, 0.4) is 0 Å². The minimum Gasteiger partial charge on any atom is -0.466 e. The first-order valence-corrected chi connectivity index (χ1v) is 7.82. The molecule has 7 heteroatoms. The summed E-state index contributed by atoms with van der Waals surface area (Å²) in [7, 11) is 1.21. The first-order valence-electron chi connectivity index (χ1n) is 7.82. The van der Waals surface area contributed by atoms with Crippen LogP contribution in [0.15, 0.2) is 11.6 Å². The van der Waals surface area contributed by atoms with Gasteiger partial charge in [0.15, 0.2) is 23.8 Å². The van der Waals surface area contributed by atoms with E-state index < -0.39 is 36.0 Å². The molecule has 0 N–H and O–H groups in total. The zero-order chi connectivity index (χ0) is 16.6. The molecule has 126 valence electrons. The molecule has 0 radical (unpaired) electrons. The van der Waals surface area contributed by atoms with Crippen molar-refractivity contribution in [3.05, 3.63) is 11.6 Å². The van der Waals surface area contributed by atoms with Gasteiger partial charge >= 0.3 is 11.9 Å². The van der Waals surface area contributed by atoms with E-state index in [0.29, 0.717) is 12.8 Å². The number of hydrogen-bond donors (Lipinski definition) is 0. The largest absolute Gasteiger partial charge is 0.466 e. The van der Waals surface area contributed by atoms with Crippen LogP contribution in [0.1, 0.15) is 39.0 Å². The summed E-state index contributed by atoms with van der Waals surface area (Å²) in [6.45, 7) is 1.24. The zero-order valence-corrected chi connectivity index (χ0v) is 13.2. The molecular formula is C16H20O7. The van der Waals surface area contributed by atoms with Gasteiger partial charge in [-0.1, -0.05) is 6.42 Å². The van der Waals surface area contributed by atoms with Gasteiger partial charge in [-0.05, 0) is 18.9 Å². The molecule has 1 spiro atoms. The van der Waals surface area contributed by atoms with Crippen molar-refractivity contribution in [2.24, 2.45) is 0 Å². The van der Waals surface area contributed by atoms with E-state index in [9.17, 15) is 14.4 Å². The van der Waals surface area contributed by atoms with Gasteiger partial charge in [0, 0.05) is 19.8 Å². The Morgan fingerprint density at radius 3 is 2.52 bits per heavy atom. The highest BCUT2D eigenvalue weighted by Gasteiger charge is 2.57. The highest BCUT2D eigenvalue weighted by Crippen LogP contribution is 2.44. The maximum Gasteiger partial charge on any atom is 0.337 e. The highest BCUT2D eigenvalue weighted by atomic mass is 16.8. The van der Waals surface area contributed by atoms with Crippen molar-refractivity contribution in [2.75, 3.05) is 7.11 Å². The smallest absolute Gasteiger partial charge is 0.337 e. The predicted molar refractivity (Wildman–Crippen MR) is 76.2 cm³/mol. The number of ketones is 1. The van der Waals surface area contributed by atoms with Crippen LogP contribution in [-0.2, 0) is 33.3 Å². The molecule has 3 aliphatic rings. The first kappa shape index (κ1) is 16.1. The average Bonchev–Trinajstić information content (AvgIpc) is 2.89. The average molecular weight is 324 g/mol. The van der Waals surface area contributed by atoms with E-state index >= 15 is 0 Å². The molecule has 3 rings (SSSR count). The van der Waals surface area contributed by atoms with Crippen molar-refractivity contribution >= 4 is 17.7 Å². The molecule has 0 aromatic carbocycles. The second-order valence-corrected chi connectivity index (χ2v) is 6.12. The second kappa shape index (κ2) is 6.05. The fraction of sp³-hybridized carbons (Fsp3) is 0.688. The van der Waals surface area contributed by atoms with Crippen LogP contribution in [0.4, 0.5) is 0 Å². The molecule has 1 heterocycles.